The molecule has 1 fully saturated rings. The minimum absolute atomic E-state index is 0.0262. The minimum Gasteiger partial charge on any atom is -0.423 e. The normalized spacial score (nSPS) is 13.9. The van der Waals surface area contributed by atoms with E-state index in [2.05, 4.69) is 10.2 Å². The highest BCUT2D eigenvalue weighted by molar-refractivity contribution is 7.22. The number of fused-ring (bicyclic) bond motifs is 1. The molecule has 4 N–H and O–H groups in total. The molecular weight excluding hydrogens is 474 g/mol. The van der Waals surface area contributed by atoms with Crippen molar-refractivity contribution < 1.29 is 14.3 Å². The third-order valence-corrected chi connectivity index (χ3v) is 7.25. The zero-order chi connectivity index (χ0) is 25.1. The van der Waals surface area contributed by atoms with Crippen LogP contribution in [0.25, 0.3) is 10.2 Å². The van der Waals surface area contributed by atoms with Gasteiger partial charge < -0.3 is 20.7 Å². The van der Waals surface area contributed by atoms with Crippen molar-refractivity contribution in [1.29, 1.82) is 5.41 Å². The Balaban J connectivity index is 1.21. The molecule has 1 saturated heterocycles. The van der Waals surface area contributed by atoms with E-state index >= 15 is 0 Å². The lowest BCUT2D eigenvalue weighted by Crippen LogP contribution is -2.38. The molecule has 1 aliphatic heterocycles. The number of esters is 1. The van der Waals surface area contributed by atoms with Crippen LogP contribution in [0.1, 0.15) is 28.8 Å². The minimum atomic E-state index is -0.465. The predicted molar refractivity (Wildman–Crippen MR) is 142 cm³/mol. The molecule has 0 unspecified atom stereocenters. The van der Waals surface area contributed by atoms with E-state index in [-0.39, 0.29) is 17.7 Å². The van der Waals surface area contributed by atoms with E-state index in [9.17, 15) is 9.59 Å². The molecule has 8 nitrogen and oxygen atoms in total. The van der Waals surface area contributed by atoms with Gasteiger partial charge in [0, 0.05) is 30.3 Å². The van der Waals surface area contributed by atoms with E-state index in [0.29, 0.717) is 16.9 Å². The Morgan fingerprint density at radius 3 is 2.39 bits per heavy atom. The summed E-state index contributed by atoms with van der Waals surface area (Å²) in [5.41, 5.74) is 8.10. The molecule has 0 saturated carbocycles. The Kier molecular flexibility index (Phi) is 6.64. The molecule has 182 valence electrons. The summed E-state index contributed by atoms with van der Waals surface area (Å²) in [5.74, 6) is -0.0908. The molecule has 0 atom stereocenters. The summed E-state index contributed by atoms with van der Waals surface area (Å²) in [4.78, 5) is 32.2. The fourth-order valence-corrected chi connectivity index (χ4v) is 5.20. The fraction of sp³-hybridized carbons (Fsp3) is 0.185. The molecule has 3 aromatic carbocycles. The van der Waals surface area contributed by atoms with Gasteiger partial charge in [0.05, 0.1) is 15.8 Å². The number of nitrogens with zero attached hydrogens (tertiary/aromatic N) is 2. The van der Waals surface area contributed by atoms with Gasteiger partial charge in [-0.05, 0) is 67.4 Å². The number of ether oxygens (including phenoxy) is 1. The number of carbonyl (C=O) groups excluding carboxylic acids is 2. The van der Waals surface area contributed by atoms with Gasteiger partial charge in [0.15, 0.2) is 5.13 Å². The van der Waals surface area contributed by atoms with Gasteiger partial charge in [0.1, 0.15) is 11.6 Å². The number of hydrogen-bond donors (Lipinski definition) is 3. The largest absolute Gasteiger partial charge is 0.423 e. The van der Waals surface area contributed by atoms with E-state index in [1.807, 2.05) is 36.4 Å². The Hall–Kier alpha value is -4.24. The molecule has 1 aromatic heterocycles. The number of hydrogen-bond acceptors (Lipinski definition) is 7. The monoisotopic (exact) mass is 499 g/mol. The molecular formula is C27H25N5O3S. The first-order valence-corrected chi connectivity index (χ1v) is 12.5. The molecule has 36 heavy (non-hydrogen) atoms. The molecule has 0 aliphatic carbocycles. The molecule has 0 bridgehead atoms. The Bertz CT molecular complexity index is 1410. The maximum absolute atomic E-state index is 12.7. The van der Waals surface area contributed by atoms with Crippen molar-refractivity contribution in [2.75, 3.05) is 23.3 Å². The molecule has 5 rings (SSSR count). The maximum atomic E-state index is 12.7. The second kappa shape index (κ2) is 10.2. The van der Waals surface area contributed by atoms with E-state index in [1.165, 1.54) is 11.3 Å². The number of para-hydroxylation sites is 1. The average Bonchev–Trinajstić information content (AvgIpc) is 3.33. The molecule has 1 amide bonds. The fourth-order valence-electron chi connectivity index (χ4n) is 4.14. The van der Waals surface area contributed by atoms with E-state index in [1.54, 1.807) is 36.4 Å². The topological polar surface area (TPSA) is 121 Å². The number of anilines is 2. The van der Waals surface area contributed by atoms with Crippen molar-refractivity contribution in [2.45, 2.75) is 12.8 Å². The number of nitrogens with two attached hydrogens (primary N) is 1. The summed E-state index contributed by atoms with van der Waals surface area (Å²) in [6.45, 7) is 1.50. The van der Waals surface area contributed by atoms with Crippen LogP contribution in [0, 0.1) is 11.3 Å². The number of nitrogens with one attached hydrogen (secondary N) is 2. The van der Waals surface area contributed by atoms with Crippen molar-refractivity contribution in [3.63, 3.8) is 0 Å². The third kappa shape index (κ3) is 5.21. The van der Waals surface area contributed by atoms with Gasteiger partial charge in [-0.15, -0.1) is 0 Å². The zero-order valence-electron chi connectivity index (χ0n) is 19.4. The van der Waals surface area contributed by atoms with Crippen molar-refractivity contribution in [3.05, 3.63) is 83.9 Å². The second-order valence-electron chi connectivity index (χ2n) is 8.62. The van der Waals surface area contributed by atoms with Crippen molar-refractivity contribution in [1.82, 2.24) is 4.98 Å². The molecule has 0 spiro atoms. The highest BCUT2D eigenvalue weighted by atomic mass is 32.1. The molecule has 4 aromatic rings. The molecule has 0 radical (unpaired) electrons. The number of rotatable bonds is 6. The first kappa shape index (κ1) is 23.5. The van der Waals surface area contributed by atoms with E-state index in [4.69, 9.17) is 20.9 Å². The summed E-state index contributed by atoms with van der Waals surface area (Å²) >= 11 is 1.53. The van der Waals surface area contributed by atoms with Crippen molar-refractivity contribution in [2.24, 2.45) is 11.7 Å². The van der Waals surface area contributed by atoms with Crippen LogP contribution in [-0.2, 0) is 4.79 Å². The Labute approximate surface area is 212 Å². The number of amidine groups is 1. The van der Waals surface area contributed by atoms with Crippen LogP contribution in [0.5, 0.6) is 5.75 Å². The quantitative estimate of drug-likeness (QED) is 0.154. The molecule has 2 heterocycles. The number of piperidine rings is 1. The van der Waals surface area contributed by atoms with E-state index in [0.717, 1.165) is 47.0 Å². The molecule has 1 aliphatic rings. The van der Waals surface area contributed by atoms with Gasteiger partial charge in [0.25, 0.3) is 0 Å². The van der Waals surface area contributed by atoms with Gasteiger partial charge in [0.2, 0.25) is 5.91 Å². The first-order chi connectivity index (χ1) is 17.5. The smallest absolute Gasteiger partial charge is 0.343 e. The predicted octanol–water partition coefficient (Wildman–Crippen LogP) is 4.65. The number of thiazole rings is 1. The van der Waals surface area contributed by atoms with Crippen LogP contribution in [0.3, 0.4) is 0 Å². The van der Waals surface area contributed by atoms with Gasteiger partial charge >= 0.3 is 5.97 Å². The van der Waals surface area contributed by atoms with Gasteiger partial charge in [-0.1, -0.05) is 29.5 Å². The number of aromatic nitrogens is 1. The standard InChI is InChI=1S/C27H25N5O3S/c28-24(29)17-6-9-21(10-7-17)35-26(34)19-8-11-22-23(16-19)36-27(31-22)32-14-12-18(13-15-32)25(33)30-20-4-2-1-3-5-20/h1-11,16,18H,12-15H2,(H3,28,29)(H,30,33). The summed E-state index contributed by atoms with van der Waals surface area (Å²) in [6, 6.07) is 21.3. The van der Waals surface area contributed by atoms with Crippen molar-refractivity contribution in [3.8, 4) is 5.75 Å². The van der Waals surface area contributed by atoms with Crippen LogP contribution in [0.4, 0.5) is 10.8 Å². The Morgan fingerprint density at radius 2 is 1.69 bits per heavy atom. The number of amides is 1. The summed E-state index contributed by atoms with van der Waals surface area (Å²) < 4.78 is 6.37. The lowest BCUT2D eigenvalue weighted by molar-refractivity contribution is -0.120. The SMILES string of the molecule is N=C(N)c1ccc(OC(=O)c2ccc3nc(N4CCC(C(=O)Nc5ccccc5)CC4)sc3c2)cc1. The highest BCUT2D eigenvalue weighted by Gasteiger charge is 2.26. The van der Waals surface area contributed by atoms with Crippen LogP contribution < -0.4 is 20.7 Å². The van der Waals surface area contributed by atoms with Crippen molar-refractivity contribution >= 4 is 50.1 Å². The Morgan fingerprint density at radius 1 is 1.00 bits per heavy atom. The van der Waals surface area contributed by atoms with Gasteiger partial charge in [-0.2, -0.15) is 0 Å². The number of nitrogen functional groups attached to an aromatic ring is 1. The first-order valence-electron chi connectivity index (χ1n) is 11.6. The number of carbonyl (C=O) groups is 2. The summed E-state index contributed by atoms with van der Waals surface area (Å²) in [5, 5.41) is 11.3. The van der Waals surface area contributed by atoms with Crippen LogP contribution >= 0.6 is 11.3 Å². The number of benzene rings is 3. The van der Waals surface area contributed by atoms with E-state index < -0.39 is 5.97 Å². The van der Waals surface area contributed by atoms with Crippen LogP contribution in [-0.4, -0.2) is 35.8 Å². The van der Waals surface area contributed by atoms with Gasteiger partial charge in [-0.25, -0.2) is 9.78 Å². The van der Waals surface area contributed by atoms with Gasteiger partial charge in [-0.3, -0.25) is 10.2 Å². The molecule has 9 heteroatoms. The second-order valence-corrected chi connectivity index (χ2v) is 9.63. The maximum Gasteiger partial charge on any atom is 0.343 e. The zero-order valence-corrected chi connectivity index (χ0v) is 20.3. The average molecular weight is 500 g/mol. The van der Waals surface area contributed by atoms with Crippen LogP contribution in [0.2, 0.25) is 0 Å². The summed E-state index contributed by atoms with van der Waals surface area (Å²) in [7, 11) is 0. The lowest BCUT2D eigenvalue weighted by atomic mass is 9.96. The lowest BCUT2D eigenvalue weighted by Gasteiger charge is -2.31. The summed E-state index contributed by atoms with van der Waals surface area (Å²) in [6.07, 6.45) is 1.52. The third-order valence-electron chi connectivity index (χ3n) is 6.17. The van der Waals surface area contributed by atoms with Crippen LogP contribution in [0.15, 0.2) is 72.8 Å². The highest BCUT2D eigenvalue weighted by Crippen LogP contribution is 2.32.